The van der Waals surface area contributed by atoms with Crippen molar-refractivity contribution < 1.29 is 4.21 Å². The van der Waals surface area contributed by atoms with Gasteiger partial charge in [-0.05, 0) is 30.7 Å². The molecule has 5 heteroatoms. The van der Waals surface area contributed by atoms with E-state index in [1.807, 2.05) is 12.1 Å². The Morgan fingerprint density at radius 3 is 2.80 bits per heavy atom. The van der Waals surface area contributed by atoms with Gasteiger partial charge in [0.2, 0.25) is 0 Å². The molecule has 0 bridgehead atoms. The lowest BCUT2D eigenvalue weighted by Gasteiger charge is -2.07. The molecule has 0 saturated carbocycles. The van der Waals surface area contributed by atoms with Crippen LogP contribution in [0.4, 0.5) is 0 Å². The molecular weight excluding hydrogens is 232 g/mol. The van der Waals surface area contributed by atoms with Crippen molar-refractivity contribution >= 4 is 23.2 Å². The van der Waals surface area contributed by atoms with Crippen molar-refractivity contribution in [2.45, 2.75) is 17.4 Å². The van der Waals surface area contributed by atoms with E-state index in [1.165, 1.54) is 0 Å². The maximum Gasteiger partial charge on any atom is 0.0490 e. The molecule has 84 valence electrons. The first-order valence-electron chi connectivity index (χ1n) is 4.83. The summed E-state index contributed by atoms with van der Waals surface area (Å²) in [5.41, 5.74) is 1.12. The molecule has 1 fully saturated rings. The molecule has 1 N–H and O–H groups in total. The zero-order valence-corrected chi connectivity index (χ0v) is 10.0. The van der Waals surface area contributed by atoms with Crippen LogP contribution in [0.2, 0.25) is 0 Å². The Kier molecular flexibility index (Phi) is 5.22. The highest BCUT2D eigenvalue weighted by Crippen LogP contribution is 2.11. The molecule has 3 nitrogen and oxygen atoms in total. The molecule has 0 radical (unpaired) electrons. The van der Waals surface area contributed by atoms with E-state index in [1.54, 1.807) is 12.4 Å². The standard InChI is InChI=1S/C10H14N2OS.ClH/c13-14(10-3-6-12-7-10)8-9-1-4-11-5-2-9;/h1-2,4-5,10,12H,3,6-8H2;1H/t10-,14+;/m0./s1. The van der Waals surface area contributed by atoms with Crippen LogP contribution in [0.1, 0.15) is 12.0 Å². The molecule has 15 heavy (non-hydrogen) atoms. The fourth-order valence-corrected chi connectivity index (χ4v) is 3.05. The molecule has 0 unspecified atom stereocenters. The molecule has 0 aromatic carbocycles. The first-order chi connectivity index (χ1) is 6.86. The Hall–Kier alpha value is -0.450. The lowest BCUT2D eigenvalue weighted by atomic mass is 10.3. The number of hydrogen-bond acceptors (Lipinski definition) is 3. The van der Waals surface area contributed by atoms with Crippen molar-refractivity contribution in [2.24, 2.45) is 0 Å². The summed E-state index contributed by atoms with van der Waals surface area (Å²) >= 11 is 0. The summed E-state index contributed by atoms with van der Waals surface area (Å²) in [4.78, 5) is 3.94. The molecule has 0 aliphatic carbocycles. The SMILES string of the molecule is Cl.O=[S@](Cc1ccncc1)[C@H]1CCNC1. The maximum atomic E-state index is 11.9. The molecule has 2 atom stereocenters. The zero-order valence-electron chi connectivity index (χ0n) is 8.39. The number of rotatable bonds is 3. The second-order valence-corrected chi connectivity index (χ2v) is 5.21. The van der Waals surface area contributed by atoms with Gasteiger partial charge in [-0.1, -0.05) is 0 Å². The Morgan fingerprint density at radius 1 is 1.47 bits per heavy atom. The minimum absolute atomic E-state index is 0. The van der Waals surface area contributed by atoms with Gasteiger partial charge < -0.3 is 5.32 Å². The number of aromatic nitrogens is 1. The molecule has 2 rings (SSSR count). The van der Waals surface area contributed by atoms with Crippen LogP contribution in [0.15, 0.2) is 24.5 Å². The molecule has 1 aliphatic heterocycles. The number of hydrogen-bond donors (Lipinski definition) is 1. The molecule has 1 aliphatic rings. The van der Waals surface area contributed by atoms with Gasteiger partial charge in [-0.15, -0.1) is 12.4 Å². The third-order valence-electron chi connectivity index (χ3n) is 2.45. The van der Waals surface area contributed by atoms with Crippen molar-refractivity contribution in [3.05, 3.63) is 30.1 Å². The van der Waals surface area contributed by atoms with E-state index in [4.69, 9.17) is 0 Å². The first-order valence-corrected chi connectivity index (χ1v) is 6.21. The summed E-state index contributed by atoms with van der Waals surface area (Å²) in [5, 5.41) is 3.57. The van der Waals surface area contributed by atoms with E-state index >= 15 is 0 Å². The van der Waals surface area contributed by atoms with Crippen molar-refractivity contribution in [1.29, 1.82) is 0 Å². The molecule has 1 aromatic heterocycles. The van der Waals surface area contributed by atoms with E-state index in [9.17, 15) is 4.21 Å². The average molecular weight is 247 g/mol. The average Bonchev–Trinajstić information content (AvgIpc) is 2.72. The van der Waals surface area contributed by atoms with E-state index in [-0.39, 0.29) is 12.4 Å². The van der Waals surface area contributed by atoms with Crippen LogP contribution < -0.4 is 5.32 Å². The third kappa shape index (κ3) is 3.55. The third-order valence-corrected chi connectivity index (χ3v) is 4.21. The van der Waals surface area contributed by atoms with Crippen LogP contribution in [0.5, 0.6) is 0 Å². The van der Waals surface area contributed by atoms with Gasteiger partial charge in [-0.2, -0.15) is 0 Å². The summed E-state index contributed by atoms with van der Waals surface area (Å²) in [6, 6.07) is 3.86. The van der Waals surface area contributed by atoms with E-state index in [0.717, 1.165) is 25.1 Å². The van der Waals surface area contributed by atoms with Gasteiger partial charge in [-0.3, -0.25) is 9.19 Å². The Bertz CT molecular complexity index is 314. The van der Waals surface area contributed by atoms with Crippen LogP contribution in [-0.2, 0) is 16.6 Å². The van der Waals surface area contributed by atoms with Gasteiger partial charge in [0, 0.05) is 40.7 Å². The Labute approximate surface area is 98.5 Å². The minimum atomic E-state index is -0.737. The summed E-state index contributed by atoms with van der Waals surface area (Å²) in [5.74, 6) is 0.662. The maximum absolute atomic E-state index is 11.9. The first kappa shape index (κ1) is 12.6. The van der Waals surface area contributed by atoms with Gasteiger partial charge in [0.25, 0.3) is 0 Å². The largest absolute Gasteiger partial charge is 0.315 e. The van der Waals surface area contributed by atoms with Crippen molar-refractivity contribution in [3.8, 4) is 0 Å². The molecule has 0 amide bonds. The van der Waals surface area contributed by atoms with Gasteiger partial charge in [0.1, 0.15) is 0 Å². The Balaban J connectivity index is 0.00000112. The highest BCUT2D eigenvalue weighted by Gasteiger charge is 2.20. The quantitative estimate of drug-likeness (QED) is 0.869. The van der Waals surface area contributed by atoms with Gasteiger partial charge >= 0.3 is 0 Å². The van der Waals surface area contributed by atoms with E-state index in [2.05, 4.69) is 10.3 Å². The lowest BCUT2D eigenvalue weighted by molar-refractivity contribution is 0.672. The summed E-state index contributed by atoms with van der Waals surface area (Å²) in [6.45, 7) is 1.91. The number of pyridine rings is 1. The number of nitrogens with zero attached hydrogens (tertiary/aromatic N) is 1. The second-order valence-electron chi connectivity index (χ2n) is 3.50. The van der Waals surface area contributed by atoms with Gasteiger partial charge in [0.05, 0.1) is 0 Å². The van der Waals surface area contributed by atoms with Crippen molar-refractivity contribution in [3.63, 3.8) is 0 Å². The van der Waals surface area contributed by atoms with Crippen LogP contribution in [0.3, 0.4) is 0 Å². The molecule has 0 spiro atoms. The van der Waals surface area contributed by atoms with Crippen LogP contribution >= 0.6 is 12.4 Å². The second kappa shape index (κ2) is 6.20. The fraction of sp³-hybridized carbons (Fsp3) is 0.500. The number of nitrogens with one attached hydrogen (secondary N) is 1. The van der Waals surface area contributed by atoms with Gasteiger partial charge in [0.15, 0.2) is 0 Å². The fourth-order valence-electron chi connectivity index (χ4n) is 1.61. The van der Waals surface area contributed by atoms with Gasteiger partial charge in [-0.25, -0.2) is 0 Å². The van der Waals surface area contributed by atoms with Crippen LogP contribution in [0, 0.1) is 0 Å². The molecular formula is C10H15ClN2OS. The molecule has 1 saturated heterocycles. The summed E-state index contributed by atoms with van der Waals surface area (Å²) in [6.07, 6.45) is 4.54. The van der Waals surface area contributed by atoms with Crippen LogP contribution in [-0.4, -0.2) is 27.5 Å². The normalized spacial score (nSPS) is 22.0. The van der Waals surface area contributed by atoms with E-state index in [0.29, 0.717) is 11.0 Å². The monoisotopic (exact) mass is 246 g/mol. The topological polar surface area (TPSA) is 42.0 Å². The lowest BCUT2D eigenvalue weighted by Crippen LogP contribution is -2.19. The predicted molar refractivity (Wildman–Crippen MR) is 64.6 cm³/mol. The summed E-state index contributed by atoms with van der Waals surface area (Å²) in [7, 11) is -0.737. The molecule has 2 heterocycles. The highest BCUT2D eigenvalue weighted by molar-refractivity contribution is 7.84. The smallest absolute Gasteiger partial charge is 0.0490 e. The summed E-state index contributed by atoms with van der Waals surface area (Å²) < 4.78 is 11.9. The number of halogens is 1. The Morgan fingerprint density at radius 2 is 2.20 bits per heavy atom. The van der Waals surface area contributed by atoms with Crippen molar-refractivity contribution in [1.82, 2.24) is 10.3 Å². The minimum Gasteiger partial charge on any atom is -0.315 e. The molecule has 1 aromatic rings. The van der Waals surface area contributed by atoms with Crippen molar-refractivity contribution in [2.75, 3.05) is 13.1 Å². The van der Waals surface area contributed by atoms with Crippen LogP contribution in [0.25, 0.3) is 0 Å². The predicted octanol–water partition coefficient (Wildman–Crippen LogP) is 1.11. The zero-order chi connectivity index (χ0) is 9.80. The highest BCUT2D eigenvalue weighted by atomic mass is 35.5. The van der Waals surface area contributed by atoms with E-state index < -0.39 is 10.8 Å².